The first-order valence-corrected chi connectivity index (χ1v) is 6.69. The molecule has 4 heteroatoms. The molecule has 0 aliphatic carbocycles. The summed E-state index contributed by atoms with van der Waals surface area (Å²) in [7, 11) is 1.86. The molecule has 0 aliphatic rings. The number of aryl methyl sites for hydroxylation is 2. The van der Waals surface area contributed by atoms with Gasteiger partial charge in [-0.3, -0.25) is 4.68 Å². The van der Waals surface area contributed by atoms with Crippen molar-refractivity contribution >= 4 is 0 Å². The topological polar surface area (TPSA) is 47.3 Å². The number of ether oxygens (including phenoxy) is 1. The summed E-state index contributed by atoms with van der Waals surface area (Å²) in [6.45, 7) is 6.10. The number of aliphatic hydroxyl groups excluding tert-OH is 1. The number of nitrogens with zero attached hydrogens (tertiary/aromatic N) is 2. The third kappa shape index (κ3) is 3.08. The molecule has 0 bridgehead atoms. The molecule has 20 heavy (non-hydrogen) atoms. The SMILES string of the molecule is C=CCOc1cccc(C(O)c2cn(C)nc2CC)c1. The van der Waals surface area contributed by atoms with Gasteiger partial charge in [0.1, 0.15) is 18.5 Å². The molecule has 0 saturated carbocycles. The number of hydrogen-bond donors (Lipinski definition) is 1. The van der Waals surface area contributed by atoms with Crippen molar-refractivity contribution in [2.24, 2.45) is 7.05 Å². The summed E-state index contributed by atoms with van der Waals surface area (Å²) in [6, 6.07) is 7.47. The van der Waals surface area contributed by atoms with Crippen LogP contribution in [0, 0.1) is 0 Å². The van der Waals surface area contributed by atoms with E-state index in [-0.39, 0.29) is 0 Å². The molecule has 1 unspecified atom stereocenters. The van der Waals surface area contributed by atoms with Gasteiger partial charge in [-0.25, -0.2) is 0 Å². The smallest absolute Gasteiger partial charge is 0.120 e. The van der Waals surface area contributed by atoms with Crippen LogP contribution in [-0.2, 0) is 13.5 Å². The van der Waals surface area contributed by atoms with Gasteiger partial charge >= 0.3 is 0 Å². The summed E-state index contributed by atoms with van der Waals surface area (Å²) in [5.74, 6) is 0.725. The van der Waals surface area contributed by atoms with Crippen LogP contribution in [-0.4, -0.2) is 21.5 Å². The third-order valence-electron chi connectivity index (χ3n) is 3.11. The van der Waals surface area contributed by atoms with E-state index < -0.39 is 6.10 Å². The molecule has 1 heterocycles. The highest BCUT2D eigenvalue weighted by atomic mass is 16.5. The van der Waals surface area contributed by atoms with Crippen molar-refractivity contribution in [3.63, 3.8) is 0 Å². The van der Waals surface area contributed by atoms with Crippen LogP contribution in [0.2, 0.25) is 0 Å². The lowest BCUT2D eigenvalue weighted by Gasteiger charge is -2.12. The van der Waals surface area contributed by atoms with Gasteiger partial charge in [0, 0.05) is 18.8 Å². The second kappa shape index (κ2) is 6.39. The van der Waals surface area contributed by atoms with Crippen LogP contribution >= 0.6 is 0 Å². The standard InChI is InChI=1S/C16H20N2O2/c1-4-9-20-13-8-6-7-12(10-13)16(19)14-11-18(3)17-15(14)5-2/h4,6-8,10-11,16,19H,1,5,9H2,2-3H3. The minimum atomic E-state index is -0.689. The zero-order chi connectivity index (χ0) is 14.5. The van der Waals surface area contributed by atoms with E-state index >= 15 is 0 Å². The fourth-order valence-corrected chi connectivity index (χ4v) is 2.17. The van der Waals surface area contributed by atoms with E-state index in [2.05, 4.69) is 11.7 Å². The Kier molecular flexibility index (Phi) is 4.58. The minimum Gasteiger partial charge on any atom is -0.490 e. The molecule has 1 aromatic heterocycles. The van der Waals surface area contributed by atoms with E-state index in [0.717, 1.165) is 29.0 Å². The van der Waals surface area contributed by atoms with Gasteiger partial charge in [0.2, 0.25) is 0 Å². The molecule has 4 nitrogen and oxygen atoms in total. The normalized spacial score (nSPS) is 12.2. The van der Waals surface area contributed by atoms with E-state index in [9.17, 15) is 5.11 Å². The number of rotatable bonds is 6. The Morgan fingerprint density at radius 2 is 2.30 bits per heavy atom. The Morgan fingerprint density at radius 3 is 3.00 bits per heavy atom. The molecule has 106 valence electrons. The number of benzene rings is 1. The van der Waals surface area contributed by atoms with E-state index in [4.69, 9.17) is 4.74 Å². The largest absolute Gasteiger partial charge is 0.490 e. The summed E-state index contributed by atoms with van der Waals surface area (Å²) in [6.07, 6.45) is 3.66. The predicted molar refractivity (Wildman–Crippen MR) is 78.8 cm³/mol. The molecule has 2 rings (SSSR count). The maximum atomic E-state index is 10.5. The maximum absolute atomic E-state index is 10.5. The van der Waals surface area contributed by atoms with E-state index in [0.29, 0.717) is 6.61 Å². The fourth-order valence-electron chi connectivity index (χ4n) is 2.17. The maximum Gasteiger partial charge on any atom is 0.120 e. The molecular weight excluding hydrogens is 252 g/mol. The van der Waals surface area contributed by atoms with Crippen molar-refractivity contribution in [1.29, 1.82) is 0 Å². The Hall–Kier alpha value is -2.07. The fraction of sp³-hybridized carbons (Fsp3) is 0.312. The molecule has 0 aliphatic heterocycles. The van der Waals surface area contributed by atoms with Gasteiger partial charge in [-0.2, -0.15) is 5.10 Å². The van der Waals surface area contributed by atoms with Crippen molar-refractivity contribution in [2.45, 2.75) is 19.4 Å². The highest BCUT2D eigenvalue weighted by molar-refractivity contribution is 5.36. The Morgan fingerprint density at radius 1 is 1.50 bits per heavy atom. The first-order chi connectivity index (χ1) is 9.65. The summed E-state index contributed by atoms with van der Waals surface area (Å²) < 4.78 is 7.23. The van der Waals surface area contributed by atoms with Gasteiger partial charge in [0.15, 0.2) is 0 Å². The molecule has 0 saturated heterocycles. The van der Waals surface area contributed by atoms with E-state index in [1.165, 1.54) is 0 Å². The average Bonchev–Trinajstić information content (AvgIpc) is 2.85. The quantitative estimate of drug-likeness (QED) is 0.822. The molecule has 1 N–H and O–H groups in total. The van der Waals surface area contributed by atoms with E-state index in [1.807, 2.05) is 44.4 Å². The van der Waals surface area contributed by atoms with Gasteiger partial charge in [-0.05, 0) is 24.1 Å². The first-order valence-electron chi connectivity index (χ1n) is 6.69. The third-order valence-corrected chi connectivity index (χ3v) is 3.11. The van der Waals surface area contributed by atoms with Crippen molar-refractivity contribution in [3.05, 3.63) is 59.9 Å². The zero-order valence-electron chi connectivity index (χ0n) is 11.9. The summed E-state index contributed by atoms with van der Waals surface area (Å²) in [4.78, 5) is 0. The van der Waals surface area contributed by atoms with Gasteiger partial charge in [-0.15, -0.1) is 0 Å². The highest BCUT2D eigenvalue weighted by Crippen LogP contribution is 2.27. The van der Waals surface area contributed by atoms with Crippen LogP contribution in [0.25, 0.3) is 0 Å². The Balaban J connectivity index is 2.27. The van der Waals surface area contributed by atoms with E-state index in [1.54, 1.807) is 10.8 Å². The van der Waals surface area contributed by atoms with Crippen LogP contribution in [0.3, 0.4) is 0 Å². The molecule has 0 fully saturated rings. The molecule has 1 aromatic carbocycles. The summed E-state index contributed by atoms with van der Waals surface area (Å²) >= 11 is 0. The van der Waals surface area contributed by atoms with Crippen molar-refractivity contribution in [1.82, 2.24) is 9.78 Å². The Labute approximate surface area is 119 Å². The van der Waals surface area contributed by atoms with Crippen LogP contribution in [0.15, 0.2) is 43.1 Å². The monoisotopic (exact) mass is 272 g/mol. The van der Waals surface area contributed by atoms with Crippen molar-refractivity contribution in [2.75, 3.05) is 6.61 Å². The number of aromatic nitrogens is 2. The van der Waals surface area contributed by atoms with Gasteiger partial charge in [0.05, 0.1) is 5.69 Å². The molecule has 0 spiro atoms. The predicted octanol–water partition coefficient (Wildman–Crippen LogP) is 2.63. The molecule has 0 radical (unpaired) electrons. The molecular formula is C16H20N2O2. The summed E-state index contributed by atoms with van der Waals surface area (Å²) in [5, 5.41) is 14.9. The molecule has 0 amide bonds. The second-order valence-electron chi connectivity index (χ2n) is 4.63. The van der Waals surface area contributed by atoms with Gasteiger partial charge < -0.3 is 9.84 Å². The van der Waals surface area contributed by atoms with Gasteiger partial charge in [0.25, 0.3) is 0 Å². The highest BCUT2D eigenvalue weighted by Gasteiger charge is 2.17. The van der Waals surface area contributed by atoms with Crippen LogP contribution in [0.1, 0.15) is 29.8 Å². The average molecular weight is 272 g/mol. The number of aliphatic hydroxyl groups is 1. The second-order valence-corrected chi connectivity index (χ2v) is 4.63. The summed E-state index contributed by atoms with van der Waals surface area (Å²) in [5.41, 5.74) is 2.56. The first kappa shape index (κ1) is 14.3. The zero-order valence-corrected chi connectivity index (χ0v) is 11.9. The van der Waals surface area contributed by atoms with Crippen molar-refractivity contribution in [3.8, 4) is 5.75 Å². The number of hydrogen-bond acceptors (Lipinski definition) is 3. The van der Waals surface area contributed by atoms with Crippen LogP contribution in [0.4, 0.5) is 0 Å². The van der Waals surface area contributed by atoms with Crippen LogP contribution in [0.5, 0.6) is 5.75 Å². The Bertz CT molecular complexity index is 590. The minimum absolute atomic E-state index is 0.451. The van der Waals surface area contributed by atoms with Crippen LogP contribution < -0.4 is 4.74 Å². The lowest BCUT2D eigenvalue weighted by atomic mass is 10.0. The molecule has 1 atom stereocenters. The lowest BCUT2D eigenvalue weighted by Crippen LogP contribution is -2.02. The van der Waals surface area contributed by atoms with Crippen molar-refractivity contribution < 1.29 is 9.84 Å². The van der Waals surface area contributed by atoms with Gasteiger partial charge in [-0.1, -0.05) is 31.7 Å². The lowest BCUT2D eigenvalue weighted by molar-refractivity contribution is 0.218. The molecule has 2 aromatic rings.